The Morgan fingerprint density at radius 2 is 2.03 bits per heavy atom. The van der Waals surface area contributed by atoms with Crippen LogP contribution in [0.3, 0.4) is 0 Å². The van der Waals surface area contributed by atoms with E-state index in [0.717, 1.165) is 5.56 Å². The molecule has 3 heterocycles. The minimum Gasteiger partial charge on any atom is -0.497 e. The van der Waals surface area contributed by atoms with Crippen LogP contribution in [0.4, 0.5) is 5.69 Å². The number of hydrogen-bond acceptors (Lipinski definition) is 6. The number of ether oxygens (including phenoxy) is 4. The molecule has 0 aliphatic carbocycles. The average Bonchev–Trinajstić information content (AvgIpc) is 3.42. The molecule has 1 aromatic heterocycles. The molecule has 0 radical (unpaired) electrons. The van der Waals surface area contributed by atoms with E-state index in [1.165, 1.54) is 13.3 Å². The smallest absolute Gasteiger partial charge is 0.339 e. The van der Waals surface area contributed by atoms with E-state index in [1.54, 1.807) is 35.9 Å². The Labute approximate surface area is 183 Å². The van der Waals surface area contributed by atoms with Crippen LogP contribution >= 0.6 is 0 Å². The maximum atomic E-state index is 12.6. The van der Waals surface area contributed by atoms with Gasteiger partial charge in [0.2, 0.25) is 18.4 Å². The Bertz CT molecular complexity index is 1250. The number of amides is 1. The molecule has 1 atom stereocenters. The molecule has 0 spiro atoms. The van der Waals surface area contributed by atoms with Crippen molar-refractivity contribution in [3.63, 3.8) is 0 Å². The molecule has 164 valence electrons. The number of methoxy groups -OCH3 is 2. The van der Waals surface area contributed by atoms with Crippen LogP contribution < -0.4 is 24.3 Å². The van der Waals surface area contributed by atoms with Gasteiger partial charge in [-0.1, -0.05) is 6.07 Å². The average molecular weight is 436 g/mol. The second kappa shape index (κ2) is 7.52. The highest BCUT2D eigenvalue weighted by molar-refractivity contribution is 6.04. The van der Waals surface area contributed by atoms with Gasteiger partial charge in [-0.05, 0) is 29.8 Å². The Hall–Kier alpha value is -4.14. The summed E-state index contributed by atoms with van der Waals surface area (Å²) in [5, 5.41) is 12.6. The molecule has 0 saturated carbocycles. The monoisotopic (exact) mass is 436 g/mol. The highest BCUT2D eigenvalue weighted by Crippen LogP contribution is 2.48. The van der Waals surface area contributed by atoms with Crippen molar-refractivity contribution in [1.82, 2.24) is 4.57 Å². The second-order valence-corrected chi connectivity index (χ2v) is 7.44. The normalized spacial score (nSPS) is 16.3. The molecule has 0 fully saturated rings. The Kier molecular flexibility index (Phi) is 4.66. The predicted octanol–water partition coefficient (Wildman–Crippen LogP) is 3.40. The lowest BCUT2D eigenvalue weighted by Crippen LogP contribution is -2.25. The number of carbonyl (C=O) groups excluding carboxylic acids is 1. The predicted molar refractivity (Wildman–Crippen MR) is 113 cm³/mol. The largest absolute Gasteiger partial charge is 0.497 e. The number of carboxylic acids is 1. The summed E-state index contributed by atoms with van der Waals surface area (Å²) >= 11 is 0. The number of anilines is 1. The first kappa shape index (κ1) is 19.8. The standard InChI is InChI=1S/C23H20N2O7/c1-29-14-5-3-4-13(8-14)25-10-16(23(27)28)20-21(25)15(9-19(26)24-20)12-6-17(30-2)22-18(7-12)31-11-32-22/h3-8,10,15H,9,11H2,1-2H3,(H,24,26)(H,27,28)/t15-/m1/s1. The maximum Gasteiger partial charge on any atom is 0.339 e. The highest BCUT2D eigenvalue weighted by Gasteiger charge is 2.36. The number of carbonyl (C=O) groups is 2. The molecule has 3 aromatic rings. The van der Waals surface area contributed by atoms with Crippen molar-refractivity contribution >= 4 is 17.6 Å². The van der Waals surface area contributed by atoms with E-state index < -0.39 is 11.9 Å². The fraction of sp³-hybridized carbons (Fsp3) is 0.217. The molecular formula is C23H20N2O7. The fourth-order valence-corrected chi connectivity index (χ4v) is 4.23. The highest BCUT2D eigenvalue weighted by atomic mass is 16.7. The first-order chi connectivity index (χ1) is 15.5. The molecule has 1 amide bonds. The Morgan fingerprint density at radius 1 is 1.19 bits per heavy atom. The van der Waals surface area contributed by atoms with Crippen molar-refractivity contribution in [1.29, 1.82) is 0 Å². The van der Waals surface area contributed by atoms with Gasteiger partial charge in [0.05, 0.1) is 25.6 Å². The third-order valence-electron chi connectivity index (χ3n) is 5.67. The van der Waals surface area contributed by atoms with Crippen molar-refractivity contribution in [3.8, 4) is 28.7 Å². The van der Waals surface area contributed by atoms with Crippen LogP contribution in [0.1, 0.15) is 34.0 Å². The van der Waals surface area contributed by atoms with Crippen LogP contribution in [0.5, 0.6) is 23.0 Å². The van der Waals surface area contributed by atoms with Gasteiger partial charge in [-0.25, -0.2) is 4.79 Å². The topological polar surface area (TPSA) is 108 Å². The van der Waals surface area contributed by atoms with Gasteiger partial charge >= 0.3 is 5.97 Å². The number of rotatable bonds is 5. The molecule has 2 aliphatic rings. The number of nitrogens with one attached hydrogen (secondary N) is 1. The summed E-state index contributed by atoms with van der Waals surface area (Å²) in [4.78, 5) is 24.6. The van der Waals surface area contributed by atoms with Gasteiger partial charge < -0.3 is 33.9 Å². The molecule has 0 saturated heterocycles. The van der Waals surface area contributed by atoms with E-state index >= 15 is 0 Å². The SMILES string of the molecule is COc1cccc(-n2cc(C(=O)O)c3c2[C@@H](c2cc(OC)c4c(c2)OCO4)CC(=O)N3)c1. The Balaban J connectivity index is 1.74. The molecule has 2 aromatic carbocycles. The number of benzene rings is 2. The molecule has 2 aliphatic heterocycles. The van der Waals surface area contributed by atoms with Crippen LogP contribution in [0.2, 0.25) is 0 Å². The molecule has 0 bridgehead atoms. The fourth-order valence-electron chi connectivity index (χ4n) is 4.23. The van der Waals surface area contributed by atoms with Crippen molar-refractivity contribution < 1.29 is 33.6 Å². The van der Waals surface area contributed by atoms with Gasteiger partial charge in [-0.15, -0.1) is 0 Å². The van der Waals surface area contributed by atoms with Crippen molar-refractivity contribution in [3.05, 3.63) is 59.4 Å². The molecule has 0 unspecified atom stereocenters. The van der Waals surface area contributed by atoms with Crippen LogP contribution in [0.25, 0.3) is 5.69 Å². The van der Waals surface area contributed by atoms with E-state index in [4.69, 9.17) is 18.9 Å². The van der Waals surface area contributed by atoms with E-state index in [2.05, 4.69) is 5.32 Å². The van der Waals surface area contributed by atoms with Gasteiger partial charge in [0.1, 0.15) is 11.3 Å². The van der Waals surface area contributed by atoms with Crippen LogP contribution in [-0.4, -0.2) is 42.6 Å². The first-order valence-corrected chi connectivity index (χ1v) is 9.90. The second-order valence-electron chi connectivity index (χ2n) is 7.44. The van der Waals surface area contributed by atoms with Crippen LogP contribution in [-0.2, 0) is 4.79 Å². The van der Waals surface area contributed by atoms with Crippen molar-refractivity contribution in [2.24, 2.45) is 0 Å². The van der Waals surface area contributed by atoms with E-state index in [9.17, 15) is 14.7 Å². The summed E-state index contributed by atoms with van der Waals surface area (Å²) in [7, 11) is 3.09. The number of hydrogen-bond donors (Lipinski definition) is 2. The zero-order valence-corrected chi connectivity index (χ0v) is 17.4. The van der Waals surface area contributed by atoms with Gasteiger partial charge in [-0.2, -0.15) is 0 Å². The van der Waals surface area contributed by atoms with Crippen LogP contribution in [0.15, 0.2) is 42.6 Å². The third kappa shape index (κ3) is 3.09. The maximum absolute atomic E-state index is 12.6. The van der Waals surface area contributed by atoms with Crippen molar-refractivity contribution in [2.45, 2.75) is 12.3 Å². The lowest BCUT2D eigenvalue weighted by molar-refractivity contribution is -0.116. The number of nitrogens with zero attached hydrogens (tertiary/aromatic N) is 1. The van der Waals surface area contributed by atoms with Gasteiger partial charge in [0, 0.05) is 30.3 Å². The molecule has 9 heteroatoms. The summed E-state index contributed by atoms with van der Waals surface area (Å²) < 4.78 is 23.6. The first-order valence-electron chi connectivity index (χ1n) is 9.90. The molecule has 9 nitrogen and oxygen atoms in total. The number of fused-ring (bicyclic) bond motifs is 2. The molecule has 2 N–H and O–H groups in total. The zero-order chi connectivity index (χ0) is 22.4. The summed E-state index contributed by atoms with van der Waals surface area (Å²) in [5.74, 6) is 0.290. The van der Waals surface area contributed by atoms with Gasteiger partial charge in [0.15, 0.2) is 11.5 Å². The van der Waals surface area contributed by atoms with E-state index in [-0.39, 0.29) is 30.4 Å². The lowest BCUT2D eigenvalue weighted by atomic mass is 9.87. The zero-order valence-electron chi connectivity index (χ0n) is 17.4. The van der Waals surface area contributed by atoms with Gasteiger partial charge in [0.25, 0.3) is 0 Å². The molecular weight excluding hydrogens is 416 g/mol. The van der Waals surface area contributed by atoms with Crippen molar-refractivity contribution in [2.75, 3.05) is 26.3 Å². The molecule has 5 rings (SSSR count). The van der Waals surface area contributed by atoms with Gasteiger partial charge in [-0.3, -0.25) is 4.79 Å². The minimum absolute atomic E-state index is 0.00794. The Morgan fingerprint density at radius 3 is 2.78 bits per heavy atom. The number of carboxylic acid groups (broad SMARTS) is 1. The number of aromatic nitrogens is 1. The molecule has 32 heavy (non-hydrogen) atoms. The van der Waals surface area contributed by atoms with Crippen LogP contribution in [0, 0.1) is 0 Å². The summed E-state index contributed by atoms with van der Waals surface area (Å²) in [6.07, 6.45) is 1.65. The van der Waals surface area contributed by atoms with E-state index in [1.807, 2.05) is 12.1 Å². The quantitative estimate of drug-likeness (QED) is 0.631. The summed E-state index contributed by atoms with van der Waals surface area (Å²) in [6.45, 7) is 0.0783. The third-order valence-corrected chi connectivity index (χ3v) is 5.67. The number of aromatic carboxylic acids is 1. The lowest BCUT2D eigenvalue weighted by Gasteiger charge is -2.26. The van der Waals surface area contributed by atoms with E-state index in [0.29, 0.717) is 34.4 Å². The summed E-state index contributed by atoms with van der Waals surface area (Å²) in [6, 6.07) is 10.9. The minimum atomic E-state index is -1.13. The summed E-state index contributed by atoms with van der Waals surface area (Å²) in [5.41, 5.74) is 2.39.